The van der Waals surface area contributed by atoms with Gasteiger partial charge in [-0.15, -0.1) is 0 Å². The van der Waals surface area contributed by atoms with Crippen molar-refractivity contribution in [3.05, 3.63) is 65.3 Å². The van der Waals surface area contributed by atoms with Crippen LogP contribution in [0, 0.1) is 0 Å². The van der Waals surface area contributed by atoms with Gasteiger partial charge in [0.25, 0.3) is 5.91 Å². The highest BCUT2D eigenvalue weighted by molar-refractivity contribution is 6.35. The summed E-state index contributed by atoms with van der Waals surface area (Å²) in [5, 5.41) is 4.01. The van der Waals surface area contributed by atoms with Gasteiger partial charge in [-0.2, -0.15) is 0 Å². The predicted molar refractivity (Wildman–Crippen MR) is 97.3 cm³/mol. The summed E-state index contributed by atoms with van der Waals surface area (Å²) in [6.45, 7) is 1.24. The first kappa shape index (κ1) is 16.9. The fourth-order valence-corrected chi connectivity index (χ4v) is 2.67. The van der Waals surface area contributed by atoms with E-state index >= 15 is 0 Å². The summed E-state index contributed by atoms with van der Waals surface area (Å²) in [5.41, 5.74) is 1.50. The van der Waals surface area contributed by atoms with E-state index in [1.54, 1.807) is 48.7 Å². The summed E-state index contributed by atoms with van der Waals surface area (Å²) in [4.78, 5) is 28.0. The lowest BCUT2D eigenvalue weighted by Crippen LogP contribution is -2.21. The first-order valence-electron chi connectivity index (χ1n) is 7.62. The number of pyridine rings is 1. The number of anilines is 1. The van der Waals surface area contributed by atoms with E-state index in [0.29, 0.717) is 27.5 Å². The van der Waals surface area contributed by atoms with E-state index in [-0.39, 0.29) is 18.3 Å². The number of hydrogen-bond acceptors (Lipinski definition) is 4. The van der Waals surface area contributed by atoms with E-state index in [0.717, 1.165) is 5.39 Å². The second kappa shape index (κ2) is 7.32. The fraction of sp³-hybridized carbons (Fsp3) is 0.105. The van der Waals surface area contributed by atoms with E-state index in [9.17, 15) is 9.59 Å². The third-order valence-electron chi connectivity index (χ3n) is 3.62. The van der Waals surface area contributed by atoms with Crippen molar-refractivity contribution in [2.75, 3.05) is 11.9 Å². The van der Waals surface area contributed by atoms with Gasteiger partial charge in [0.15, 0.2) is 12.4 Å². The molecule has 126 valence electrons. The Kier molecular flexibility index (Phi) is 4.95. The number of rotatable bonds is 5. The van der Waals surface area contributed by atoms with Gasteiger partial charge in [-0.05, 0) is 43.3 Å². The zero-order valence-corrected chi connectivity index (χ0v) is 14.2. The topological polar surface area (TPSA) is 68.3 Å². The monoisotopic (exact) mass is 354 g/mol. The minimum absolute atomic E-state index is 0.121. The van der Waals surface area contributed by atoms with E-state index in [2.05, 4.69) is 10.3 Å². The molecule has 6 heteroatoms. The summed E-state index contributed by atoms with van der Waals surface area (Å²) in [6, 6.07) is 13.8. The van der Waals surface area contributed by atoms with Crippen molar-refractivity contribution in [2.45, 2.75) is 6.92 Å². The summed E-state index contributed by atoms with van der Waals surface area (Å²) in [7, 11) is 0. The number of fused-ring (bicyclic) bond motifs is 1. The maximum atomic E-state index is 12.2. The number of carbonyl (C=O) groups is 2. The molecule has 0 unspecified atom stereocenters. The van der Waals surface area contributed by atoms with Crippen LogP contribution in [0.15, 0.2) is 54.7 Å². The molecule has 3 aromatic rings. The molecular formula is C19H15ClN2O3. The average Bonchev–Trinajstić information content (AvgIpc) is 2.62. The number of para-hydroxylation sites is 1. The Balaban J connectivity index is 1.74. The highest BCUT2D eigenvalue weighted by Gasteiger charge is 2.12. The molecule has 0 saturated heterocycles. The lowest BCUT2D eigenvalue weighted by Gasteiger charge is -2.11. The smallest absolute Gasteiger partial charge is 0.262 e. The SMILES string of the molecule is CC(=O)c1ccccc1NC(=O)COc1ccc(Cl)c2cccnc12. The van der Waals surface area contributed by atoms with Crippen molar-refractivity contribution in [1.82, 2.24) is 4.98 Å². The third-order valence-corrected chi connectivity index (χ3v) is 3.95. The second-order valence-electron chi connectivity index (χ2n) is 5.38. The Bertz CT molecular complexity index is 956. The molecule has 5 nitrogen and oxygen atoms in total. The maximum absolute atomic E-state index is 12.2. The lowest BCUT2D eigenvalue weighted by molar-refractivity contribution is -0.118. The predicted octanol–water partition coefficient (Wildman–Crippen LogP) is 4.11. The Hall–Kier alpha value is -2.92. The Morgan fingerprint density at radius 1 is 1.12 bits per heavy atom. The number of halogens is 1. The van der Waals surface area contributed by atoms with Crippen LogP contribution in [0.2, 0.25) is 5.02 Å². The molecule has 3 rings (SSSR count). The van der Waals surface area contributed by atoms with Crippen molar-refractivity contribution in [3.8, 4) is 5.75 Å². The van der Waals surface area contributed by atoms with E-state index in [1.165, 1.54) is 6.92 Å². The van der Waals surface area contributed by atoms with Crippen LogP contribution < -0.4 is 10.1 Å². The molecule has 0 aliphatic rings. The van der Waals surface area contributed by atoms with Crippen LogP contribution in [0.25, 0.3) is 10.9 Å². The lowest BCUT2D eigenvalue weighted by atomic mass is 10.1. The van der Waals surface area contributed by atoms with Crippen LogP contribution in [-0.2, 0) is 4.79 Å². The van der Waals surface area contributed by atoms with Gasteiger partial charge in [-0.3, -0.25) is 14.6 Å². The number of amides is 1. The van der Waals surface area contributed by atoms with Gasteiger partial charge < -0.3 is 10.1 Å². The number of ether oxygens (including phenoxy) is 1. The average molecular weight is 355 g/mol. The molecule has 0 bridgehead atoms. The van der Waals surface area contributed by atoms with Crippen LogP contribution >= 0.6 is 11.6 Å². The van der Waals surface area contributed by atoms with Gasteiger partial charge in [0.1, 0.15) is 11.3 Å². The Morgan fingerprint density at radius 3 is 2.72 bits per heavy atom. The van der Waals surface area contributed by atoms with Crippen molar-refractivity contribution in [2.24, 2.45) is 0 Å². The molecule has 0 aliphatic carbocycles. The number of benzene rings is 2. The van der Waals surface area contributed by atoms with Gasteiger partial charge in [-0.1, -0.05) is 23.7 Å². The minimum Gasteiger partial charge on any atom is -0.481 e. The number of Topliss-reactive ketones (excluding diaryl/α,β-unsaturated/α-hetero) is 1. The molecule has 0 spiro atoms. The highest BCUT2D eigenvalue weighted by atomic mass is 35.5. The van der Waals surface area contributed by atoms with Crippen LogP contribution in [0.3, 0.4) is 0 Å². The van der Waals surface area contributed by atoms with E-state index < -0.39 is 0 Å². The normalized spacial score (nSPS) is 10.5. The number of hydrogen-bond donors (Lipinski definition) is 1. The molecule has 0 atom stereocenters. The zero-order valence-electron chi connectivity index (χ0n) is 13.5. The molecule has 2 aromatic carbocycles. The van der Waals surface area contributed by atoms with Gasteiger partial charge in [0.05, 0.1) is 10.7 Å². The molecule has 1 heterocycles. The number of ketones is 1. The summed E-state index contributed by atoms with van der Waals surface area (Å²) < 4.78 is 5.59. The summed E-state index contributed by atoms with van der Waals surface area (Å²) in [5.74, 6) is -0.0209. The number of aromatic nitrogens is 1. The van der Waals surface area contributed by atoms with E-state index in [4.69, 9.17) is 16.3 Å². The van der Waals surface area contributed by atoms with Crippen LogP contribution in [0.5, 0.6) is 5.75 Å². The molecule has 0 radical (unpaired) electrons. The Morgan fingerprint density at radius 2 is 1.92 bits per heavy atom. The largest absolute Gasteiger partial charge is 0.481 e. The van der Waals surface area contributed by atoms with Gasteiger partial charge in [0.2, 0.25) is 0 Å². The molecule has 25 heavy (non-hydrogen) atoms. The zero-order chi connectivity index (χ0) is 17.8. The van der Waals surface area contributed by atoms with Crippen molar-refractivity contribution in [3.63, 3.8) is 0 Å². The summed E-state index contributed by atoms with van der Waals surface area (Å²) in [6.07, 6.45) is 1.63. The van der Waals surface area contributed by atoms with Crippen LogP contribution in [0.4, 0.5) is 5.69 Å². The molecule has 1 aromatic heterocycles. The van der Waals surface area contributed by atoms with Crippen molar-refractivity contribution >= 4 is 39.9 Å². The van der Waals surface area contributed by atoms with Gasteiger partial charge in [-0.25, -0.2) is 0 Å². The Labute approximate surface area is 149 Å². The fourth-order valence-electron chi connectivity index (χ4n) is 2.46. The molecule has 0 fully saturated rings. The first-order chi connectivity index (χ1) is 12.1. The molecule has 1 N–H and O–H groups in total. The van der Waals surface area contributed by atoms with Crippen LogP contribution in [0.1, 0.15) is 17.3 Å². The molecular weight excluding hydrogens is 340 g/mol. The molecule has 0 aliphatic heterocycles. The second-order valence-corrected chi connectivity index (χ2v) is 5.79. The maximum Gasteiger partial charge on any atom is 0.262 e. The number of carbonyl (C=O) groups excluding carboxylic acids is 2. The van der Waals surface area contributed by atoms with Crippen LogP contribution in [-0.4, -0.2) is 23.3 Å². The number of nitrogens with one attached hydrogen (secondary N) is 1. The van der Waals surface area contributed by atoms with Crippen molar-refractivity contribution < 1.29 is 14.3 Å². The standard InChI is InChI=1S/C19H15ClN2O3/c1-12(23)13-5-2-3-7-16(13)22-18(24)11-25-17-9-8-15(20)14-6-4-10-21-19(14)17/h2-10H,11H2,1H3,(H,22,24). The first-order valence-corrected chi connectivity index (χ1v) is 8.00. The third kappa shape index (κ3) is 3.78. The van der Waals surface area contributed by atoms with Gasteiger partial charge >= 0.3 is 0 Å². The van der Waals surface area contributed by atoms with E-state index in [1.807, 2.05) is 6.07 Å². The minimum atomic E-state index is -0.368. The summed E-state index contributed by atoms with van der Waals surface area (Å²) >= 11 is 6.14. The molecule has 0 saturated carbocycles. The highest BCUT2D eigenvalue weighted by Crippen LogP contribution is 2.29. The van der Waals surface area contributed by atoms with Gasteiger partial charge in [0, 0.05) is 17.1 Å². The van der Waals surface area contributed by atoms with Crippen molar-refractivity contribution in [1.29, 1.82) is 0 Å². The quantitative estimate of drug-likeness (QED) is 0.700. The number of nitrogens with zero attached hydrogens (tertiary/aromatic N) is 1. The molecule has 1 amide bonds.